The maximum absolute atomic E-state index is 5.60. The van der Waals surface area contributed by atoms with Gasteiger partial charge < -0.3 is 10.1 Å². The number of nitrogens with zero attached hydrogens (tertiary/aromatic N) is 1. The van der Waals surface area contributed by atoms with E-state index in [0.29, 0.717) is 17.6 Å². The van der Waals surface area contributed by atoms with Crippen molar-refractivity contribution >= 4 is 16.9 Å². The highest BCUT2D eigenvalue weighted by Gasteiger charge is 2.35. The van der Waals surface area contributed by atoms with Gasteiger partial charge in [-0.2, -0.15) is 0 Å². The Kier molecular flexibility index (Phi) is 4.37. The zero-order chi connectivity index (χ0) is 13.1. The van der Waals surface area contributed by atoms with E-state index in [2.05, 4.69) is 12.2 Å². The number of hydrogen-bond donors (Lipinski definition) is 1. The lowest BCUT2D eigenvalue weighted by Crippen LogP contribution is -2.43. The second kappa shape index (κ2) is 6.04. The predicted octanol–water partition coefficient (Wildman–Crippen LogP) is 3.20. The average Bonchev–Trinajstić information content (AvgIpc) is 2.43. The highest BCUT2D eigenvalue weighted by atomic mass is 32.2. The molecule has 1 saturated carbocycles. The van der Waals surface area contributed by atoms with E-state index in [4.69, 9.17) is 9.73 Å². The molecule has 0 amide bonds. The summed E-state index contributed by atoms with van der Waals surface area (Å²) in [6, 6.07) is 0.565. The van der Waals surface area contributed by atoms with Crippen LogP contribution in [0.1, 0.15) is 51.9 Å². The molecular formula is C15H26N2OS. The standard InChI is InChI=1S/C15H26N2OS/c1-12-9-13(5-8-18-12)17-14-16-10-15(11-19-14)6-3-2-4-7-15/h12-13H,2-11H2,1H3,(H,16,17). The summed E-state index contributed by atoms with van der Waals surface area (Å²) in [5.74, 6) is 1.28. The van der Waals surface area contributed by atoms with E-state index >= 15 is 0 Å². The molecule has 2 fully saturated rings. The molecule has 3 aliphatic rings. The van der Waals surface area contributed by atoms with Crippen LogP contribution in [-0.2, 0) is 4.74 Å². The quantitative estimate of drug-likeness (QED) is 0.802. The van der Waals surface area contributed by atoms with Crippen molar-refractivity contribution < 1.29 is 4.74 Å². The Bertz CT molecular complexity index is 339. The zero-order valence-electron chi connectivity index (χ0n) is 12.0. The van der Waals surface area contributed by atoms with Gasteiger partial charge in [0.05, 0.1) is 6.10 Å². The number of amidine groups is 1. The average molecular weight is 282 g/mol. The molecule has 0 aromatic carbocycles. The molecule has 1 saturated heterocycles. The van der Waals surface area contributed by atoms with Crippen molar-refractivity contribution in [3.05, 3.63) is 0 Å². The molecule has 1 spiro atoms. The Balaban J connectivity index is 1.52. The molecule has 0 aromatic heterocycles. The third-order valence-electron chi connectivity index (χ3n) is 4.80. The molecule has 2 unspecified atom stereocenters. The van der Waals surface area contributed by atoms with Gasteiger partial charge in [0.25, 0.3) is 0 Å². The van der Waals surface area contributed by atoms with Gasteiger partial charge in [-0.1, -0.05) is 31.0 Å². The fourth-order valence-corrected chi connectivity index (χ4v) is 4.78. The number of thioether (sulfide) groups is 1. The van der Waals surface area contributed by atoms with Gasteiger partial charge in [-0.25, -0.2) is 0 Å². The summed E-state index contributed by atoms with van der Waals surface area (Å²) in [5.41, 5.74) is 0.539. The summed E-state index contributed by atoms with van der Waals surface area (Å²) in [4.78, 5) is 4.85. The molecule has 0 bridgehead atoms. The summed E-state index contributed by atoms with van der Waals surface area (Å²) < 4.78 is 5.60. The molecular weight excluding hydrogens is 256 g/mol. The molecule has 3 rings (SSSR count). The van der Waals surface area contributed by atoms with Gasteiger partial charge in [-0.05, 0) is 38.0 Å². The van der Waals surface area contributed by atoms with E-state index in [1.54, 1.807) is 0 Å². The zero-order valence-corrected chi connectivity index (χ0v) is 12.8. The number of nitrogens with one attached hydrogen (secondary N) is 1. The van der Waals surface area contributed by atoms with Crippen molar-refractivity contribution in [1.29, 1.82) is 0 Å². The van der Waals surface area contributed by atoms with E-state index in [0.717, 1.165) is 26.0 Å². The molecule has 2 atom stereocenters. The largest absolute Gasteiger partial charge is 0.378 e. The molecule has 108 valence electrons. The molecule has 4 heteroatoms. The molecule has 1 N–H and O–H groups in total. The van der Waals surface area contributed by atoms with Gasteiger partial charge in [-0.15, -0.1) is 0 Å². The van der Waals surface area contributed by atoms with Crippen LogP contribution in [0.2, 0.25) is 0 Å². The van der Waals surface area contributed by atoms with Gasteiger partial charge in [0.1, 0.15) is 0 Å². The molecule has 1 aliphatic carbocycles. The summed E-state index contributed by atoms with van der Waals surface area (Å²) in [6.45, 7) is 4.11. The smallest absolute Gasteiger partial charge is 0.156 e. The van der Waals surface area contributed by atoms with E-state index in [9.17, 15) is 0 Å². The van der Waals surface area contributed by atoms with Crippen LogP contribution in [0.4, 0.5) is 0 Å². The van der Waals surface area contributed by atoms with Crippen molar-refractivity contribution in [3.8, 4) is 0 Å². The van der Waals surface area contributed by atoms with Gasteiger partial charge >= 0.3 is 0 Å². The minimum Gasteiger partial charge on any atom is -0.378 e. The van der Waals surface area contributed by atoms with Crippen LogP contribution in [0.25, 0.3) is 0 Å². The van der Waals surface area contributed by atoms with Crippen LogP contribution in [0.5, 0.6) is 0 Å². The predicted molar refractivity (Wildman–Crippen MR) is 81.8 cm³/mol. The van der Waals surface area contributed by atoms with E-state index in [1.807, 2.05) is 11.8 Å². The summed E-state index contributed by atoms with van der Waals surface area (Å²) in [7, 11) is 0. The normalized spacial score (nSPS) is 34.9. The topological polar surface area (TPSA) is 33.6 Å². The third-order valence-corrected chi connectivity index (χ3v) is 6.08. The highest BCUT2D eigenvalue weighted by Crippen LogP contribution is 2.41. The maximum atomic E-state index is 5.60. The Morgan fingerprint density at radius 3 is 2.84 bits per heavy atom. The molecule has 3 nitrogen and oxygen atoms in total. The number of hydrogen-bond acceptors (Lipinski definition) is 4. The molecule has 0 aromatic rings. The second-order valence-electron chi connectivity index (χ2n) is 6.52. The first-order chi connectivity index (χ1) is 9.26. The second-order valence-corrected chi connectivity index (χ2v) is 7.48. The number of ether oxygens (including phenoxy) is 1. The van der Waals surface area contributed by atoms with Crippen molar-refractivity contribution in [2.24, 2.45) is 10.4 Å². The number of aliphatic imine (C=N–C) groups is 1. The Hall–Kier alpha value is -0.220. The van der Waals surface area contributed by atoms with Gasteiger partial charge in [0, 0.05) is 24.9 Å². The molecule has 0 radical (unpaired) electrons. The van der Waals surface area contributed by atoms with Crippen molar-refractivity contribution in [1.82, 2.24) is 5.32 Å². The van der Waals surface area contributed by atoms with Crippen LogP contribution in [-0.4, -0.2) is 36.2 Å². The molecule has 2 heterocycles. The first kappa shape index (κ1) is 13.7. The van der Waals surface area contributed by atoms with Crippen molar-refractivity contribution in [3.63, 3.8) is 0 Å². The first-order valence-corrected chi connectivity index (χ1v) is 8.80. The monoisotopic (exact) mass is 282 g/mol. The summed E-state index contributed by atoms with van der Waals surface area (Å²) in [5, 5.41) is 4.83. The Morgan fingerprint density at radius 1 is 1.32 bits per heavy atom. The van der Waals surface area contributed by atoms with E-state index < -0.39 is 0 Å². The lowest BCUT2D eigenvalue weighted by atomic mass is 9.75. The number of rotatable bonds is 1. The SMILES string of the molecule is CC1CC(NC2=NCC3(CCCCC3)CS2)CCO1. The van der Waals surface area contributed by atoms with Crippen LogP contribution in [0, 0.1) is 5.41 Å². The molecule has 2 aliphatic heterocycles. The van der Waals surface area contributed by atoms with Crippen molar-refractivity contribution in [2.75, 3.05) is 18.9 Å². The van der Waals surface area contributed by atoms with Crippen LogP contribution < -0.4 is 5.32 Å². The lowest BCUT2D eigenvalue weighted by Gasteiger charge is -2.39. The minimum absolute atomic E-state index is 0.394. The van der Waals surface area contributed by atoms with Crippen LogP contribution in [0.3, 0.4) is 0 Å². The molecule has 19 heavy (non-hydrogen) atoms. The highest BCUT2D eigenvalue weighted by molar-refractivity contribution is 8.13. The Labute approximate surface area is 121 Å². The van der Waals surface area contributed by atoms with E-state index in [-0.39, 0.29) is 0 Å². The lowest BCUT2D eigenvalue weighted by molar-refractivity contribution is 0.0168. The third kappa shape index (κ3) is 3.46. The minimum atomic E-state index is 0.394. The van der Waals surface area contributed by atoms with Crippen LogP contribution >= 0.6 is 11.8 Å². The summed E-state index contributed by atoms with van der Waals surface area (Å²) in [6.07, 6.45) is 9.68. The Morgan fingerprint density at radius 2 is 2.16 bits per heavy atom. The summed E-state index contributed by atoms with van der Waals surface area (Å²) >= 11 is 1.96. The maximum Gasteiger partial charge on any atom is 0.156 e. The first-order valence-electron chi connectivity index (χ1n) is 7.81. The van der Waals surface area contributed by atoms with Crippen molar-refractivity contribution in [2.45, 2.75) is 64.0 Å². The van der Waals surface area contributed by atoms with Gasteiger partial charge in [0.2, 0.25) is 0 Å². The fourth-order valence-electron chi connectivity index (χ4n) is 3.55. The van der Waals surface area contributed by atoms with Crippen LogP contribution in [0.15, 0.2) is 4.99 Å². The van der Waals surface area contributed by atoms with E-state index in [1.165, 1.54) is 43.0 Å². The van der Waals surface area contributed by atoms with Gasteiger partial charge in [-0.3, -0.25) is 4.99 Å². The fraction of sp³-hybridized carbons (Fsp3) is 0.933. The van der Waals surface area contributed by atoms with Gasteiger partial charge in [0.15, 0.2) is 5.17 Å².